The van der Waals surface area contributed by atoms with Crippen molar-refractivity contribution in [2.75, 3.05) is 0 Å². The lowest BCUT2D eigenvalue weighted by Crippen LogP contribution is -1.93. The van der Waals surface area contributed by atoms with Crippen molar-refractivity contribution in [2.45, 2.75) is 25.7 Å². The molecule has 86 valence electrons. The molecule has 0 bridgehead atoms. The Balaban J connectivity index is 1.91. The number of allylic oxidation sites excluding steroid dienone is 1. The van der Waals surface area contributed by atoms with Crippen LogP contribution >= 0.6 is 0 Å². The summed E-state index contributed by atoms with van der Waals surface area (Å²) in [6, 6.07) is 10.5. The maximum Gasteiger partial charge on any atom is 0.0651 e. The zero-order valence-corrected chi connectivity index (χ0v) is 9.84. The molecule has 1 aliphatic carbocycles. The predicted molar refractivity (Wildman–Crippen MR) is 70.0 cm³/mol. The Morgan fingerprint density at radius 1 is 1.12 bits per heavy atom. The fourth-order valence-corrected chi connectivity index (χ4v) is 2.39. The molecule has 1 aliphatic rings. The van der Waals surface area contributed by atoms with Crippen molar-refractivity contribution in [1.29, 1.82) is 0 Å². The van der Waals surface area contributed by atoms with E-state index in [9.17, 15) is 0 Å². The average Bonchev–Trinajstić information content (AvgIpc) is 3.01. The molecule has 0 unspecified atom stereocenters. The number of aromatic nitrogens is 2. The molecule has 0 atom stereocenters. The Labute approximate surface area is 102 Å². The molecule has 0 saturated heterocycles. The summed E-state index contributed by atoms with van der Waals surface area (Å²) in [6.45, 7) is 0. The highest BCUT2D eigenvalue weighted by Gasteiger charge is 2.06. The van der Waals surface area contributed by atoms with E-state index in [-0.39, 0.29) is 0 Å². The normalized spacial score (nSPS) is 15.2. The number of hydrogen-bond donors (Lipinski definition) is 0. The highest BCUT2D eigenvalue weighted by Crippen LogP contribution is 2.26. The van der Waals surface area contributed by atoms with E-state index >= 15 is 0 Å². The Kier molecular flexibility index (Phi) is 2.78. The second-order valence-corrected chi connectivity index (χ2v) is 4.56. The van der Waals surface area contributed by atoms with Crippen molar-refractivity contribution < 1.29 is 0 Å². The van der Waals surface area contributed by atoms with Gasteiger partial charge >= 0.3 is 0 Å². The van der Waals surface area contributed by atoms with Crippen LogP contribution in [0.2, 0.25) is 0 Å². The van der Waals surface area contributed by atoms with E-state index in [1.165, 1.54) is 31.2 Å². The van der Waals surface area contributed by atoms with E-state index in [1.807, 2.05) is 23.1 Å². The molecule has 1 saturated carbocycles. The van der Waals surface area contributed by atoms with Crippen LogP contribution in [0.4, 0.5) is 0 Å². The summed E-state index contributed by atoms with van der Waals surface area (Å²) in [5.74, 6) is 0. The molecule has 2 heteroatoms. The molecular weight excluding hydrogens is 208 g/mol. The lowest BCUT2D eigenvalue weighted by molar-refractivity contribution is 0.880. The van der Waals surface area contributed by atoms with E-state index in [0.717, 1.165) is 5.69 Å². The van der Waals surface area contributed by atoms with Crippen molar-refractivity contribution in [3.8, 4) is 5.69 Å². The molecule has 0 spiro atoms. The minimum Gasteiger partial charge on any atom is -0.241 e. The van der Waals surface area contributed by atoms with Gasteiger partial charge in [0, 0.05) is 12.4 Å². The average molecular weight is 224 g/mol. The van der Waals surface area contributed by atoms with E-state index in [0.29, 0.717) is 0 Å². The van der Waals surface area contributed by atoms with Crippen LogP contribution in [0.25, 0.3) is 11.8 Å². The molecule has 0 aliphatic heterocycles. The van der Waals surface area contributed by atoms with E-state index < -0.39 is 0 Å². The van der Waals surface area contributed by atoms with Crippen molar-refractivity contribution in [3.63, 3.8) is 0 Å². The van der Waals surface area contributed by atoms with E-state index in [4.69, 9.17) is 0 Å². The van der Waals surface area contributed by atoms with Crippen LogP contribution in [-0.2, 0) is 0 Å². The van der Waals surface area contributed by atoms with Crippen LogP contribution in [0.15, 0.2) is 48.3 Å². The van der Waals surface area contributed by atoms with Gasteiger partial charge in [0.2, 0.25) is 0 Å². The van der Waals surface area contributed by atoms with Gasteiger partial charge in [-0.1, -0.05) is 23.8 Å². The van der Waals surface area contributed by atoms with Crippen molar-refractivity contribution in [3.05, 3.63) is 53.9 Å². The zero-order chi connectivity index (χ0) is 11.5. The molecule has 1 aromatic carbocycles. The standard InChI is InChI=1S/C15H16N2/c1-2-6-13(5-1)11-14-7-3-8-15(12-14)17-10-4-9-16-17/h3-4,7-12H,1-2,5-6H2. The first kappa shape index (κ1) is 10.3. The second-order valence-electron chi connectivity index (χ2n) is 4.56. The predicted octanol–water partition coefficient (Wildman–Crippen LogP) is 3.83. The van der Waals surface area contributed by atoms with Gasteiger partial charge in [-0.3, -0.25) is 0 Å². The van der Waals surface area contributed by atoms with Gasteiger partial charge in [0.15, 0.2) is 0 Å². The Morgan fingerprint density at radius 3 is 2.76 bits per heavy atom. The Morgan fingerprint density at radius 2 is 2.00 bits per heavy atom. The second kappa shape index (κ2) is 4.58. The summed E-state index contributed by atoms with van der Waals surface area (Å²) >= 11 is 0. The summed E-state index contributed by atoms with van der Waals surface area (Å²) in [4.78, 5) is 0. The molecule has 2 aromatic rings. The monoisotopic (exact) mass is 224 g/mol. The van der Waals surface area contributed by atoms with Gasteiger partial charge in [0.1, 0.15) is 0 Å². The molecule has 0 radical (unpaired) electrons. The summed E-state index contributed by atoms with van der Waals surface area (Å²) in [6.07, 6.45) is 11.4. The van der Waals surface area contributed by atoms with Crippen molar-refractivity contribution in [2.24, 2.45) is 0 Å². The van der Waals surface area contributed by atoms with E-state index in [2.05, 4.69) is 35.4 Å². The molecule has 2 nitrogen and oxygen atoms in total. The lowest BCUT2D eigenvalue weighted by atomic mass is 10.1. The number of rotatable bonds is 2. The van der Waals surface area contributed by atoms with Crippen LogP contribution in [0, 0.1) is 0 Å². The fourth-order valence-electron chi connectivity index (χ4n) is 2.39. The molecule has 1 fully saturated rings. The van der Waals surface area contributed by atoms with Gasteiger partial charge in [-0.05, 0) is 49.4 Å². The first-order valence-corrected chi connectivity index (χ1v) is 6.21. The van der Waals surface area contributed by atoms with Crippen molar-refractivity contribution in [1.82, 2.24) is 9.78 Å². The zero-order valence-electron chi connectivity index (χ0n) is 9.84. The first-order chi connectivity index (χ1) is 8.42. The lowest BCUT2D eigenvalue weighted by Gasteiger charge is -2.03. The number of hydrogen-bond acceptors (Lipinski definition) is 1. The summed E-state index contributed by atoms with van der Waals surface area (Å²) in [5.41, 5.74) is 4.00. The Hall–Kier alpha value is -1.83. The fraction of sp³-hybridized carbons (Fsp3) is 0.267. The topological polar surface area (TPSA) is 17.8 Å². The molecule has 3 rings (SSSR count). The van der Waals surface area contributed by atoms with Gasteiger partial charge in [-0.25, -0.2) is 4.68 Å². The minimum atomic E-state index is 1.13. The van der Waals surface area contributed by atoms with Gasteiger partial charge in [-0.2, -0.15) is 5.10 Å². The van der Waals surface area contributed by atoms with Crippen LogP contribution in [-0.4, -0.2) is 9.78 Å². The summed E-state index contributed by atoms with van der Waals surface area (Å²) in [7, 11) is 0. The maximum atomic E-state index is 4.26. The Bertz CT molecular complexity index is 516. The van der Waals surface area contributed by atoms with Crippen LogP contribution in [0.1, 0.15) is 31.2 Å². The third-order valence-corrected chi connectivity index (χ3v) is 3.26. The molecule has 0 N–H and O–H groups in total. The highest BCUT2D eigenvalue weighted by atomic mass is 15.3. The summed E-state index contributed by atoms with van der Waals surface area (Å²) in [5, 5.41) is 4.26. The maximum absolute atomic E-state index is 4.26. The number of nitrogens with zero attached hydrogens (tertiary/aromatic N) is 2. The third-order valence-electron chi connectivity index (χ3n) is 3.26. The quantitative estimate of drug-likeness (QED) is 0.758. The molecular formula is C15H16N2. The van der Waals surface area contributed by atoms with Gasteiger partial charge < -0.3 is 0 Å². The van der Waals surface area contributed by atoms with Crippen LogP contribution in [0.5, 0.6) is 0 Å². The van der Waals surface area contributed by atoms with Crippen molar-refractivity contribution >= 4 is 6.08 Å². The molecule has 17 heavy (non-hydrogen) atoms. The molecule has 0 amide bonds. The largest absolute Gasteiger partial charge is 0.241 e. The van der Waals surface area contributed by atoms with Crippen LogP contribution in [0.3, 0.4) is 0 Å². The highest BCUT2D eigenvalue weighted by molar-refractivity contribution is 5.56. The first-order valence-electron chi connectivity index (χ1n) is 6.21. The molecule has 1 heterocycles. The van der Waals surface area contributed by atoms with Gasteiger partial charge in [0.05, 0.1) is 5.69 Å². The van der Waals surface area contributed by atoms with Gasteiger partial charge in [-0.15, -0.1) is 0 Å². The summed E-state index contributed by atoms with van der Waals surface area (Å²) < 4.78 is 1.90. The smallest absolute Gasteiger partial charge is 0.0651 e. The SMILES string of the molecule is C(=C1CCCC1)c1cccc(-n2cccn2)c1. The third kappa shape index (κ3) is 2.31. The van der Waals surface area contributed by atoms with E-state index in [1.54, 1.807) is 5.57 Å². The number of benzene rings is 1. The molecule has 1 aromatic heterocycles. The van der Waals surface area contributed by atoms with Crippen LogP contribution < -0.4 is 0 Å². The minimum absolute atomic E-state index is 1.13. The van der Waals surface area contributed by atoms with Gasteiger partial charge in [0.25, 0.3) is 0 Å².